The third kappa shape index (κ3) is 3.04. The maximum absolute atomic E-state index is 13.1. The molecule has 4 rings (SSSR count). The van der Waals surface area contributed by atoms with Gasteiger partial charge >= 0.3 is 0 Å². The number of fused-ring (bicyclic) bond motifs is 3. The molecule has 0 aliphatic carbocycles. The fourth-order valence-corrected chi connectivity index (χ4v) is 4.04. The van der Waals surface area contributed by atoms with E-state index >= 15 is 0 Å². The van der Waals surface area contributed by atoms with Gasteiger partial charge in [-0.3, -0.25) is 24.0 Å². The average Bonchev–Trinajstić information content (AvgIpc) is 3.31. The van der Waals surface area contributed by atoms with Gasteiger partial charge < -0.3 is 10.2 Å². The van der Waals surface area contributed by atoms with E-state index in [1.807, 2.05) is 25.3 Å². The number of carbonyl (C=O) groups excluding carboxylic acids is 3. The Kier molecular flexibility index (Phi) is 4.62. The molecule has 1 aromatic heterocycles. The Labute approximate surface area is 163 Å². The zero-order valence-corrected chi connectivity index (χ0v) is 15.8. The van der Waals surface area contributed by atoms with Gasteiger partial charge in [-0.2, -0.15) is 5.10 Å². The molecular formula is C20H23N5O3. The van der Waals surface area contributed by atoms with Crippen LogP contribution < -0.4 is 10.2 Å². The largest absolute Gasteiger partial charge is 0.354 e. The number of aromatic nitrogens is 2. The van der Waals surface area contributed by atoms with Crippen LogP contribution in [-0.2, 0) is 16.1 Å². The number of aryl methyl sites for hydroxylation is 1. The molecule has 1 aromatic carbocycles. The van der Waals surface area contributed by atoms with Crippen LogP contribution in [0.15, 0.2) is 42.7 Å². The molecule has 8 heteroatoms. The summed E-state index contributed by atoms with van der Waals surface area (Å²) in [5.41, 5.74) is 0.282. The Morgan fingerprint density at radius 3 is 2.86 bits per heavy atom. The van der Waals surface area contributed by atoms with Crippen molar-refractivity contribution >= 4 is 23.4 Å². The number of para-hydroxylation sites is 1. The number of anilines is 1. The smallest absolute Gasteiger partial charge is 0.258 e. The number of hydrogen-bond donors (Lipinski definition) is 1. The Balaban J connectivity index is 1.45. The molecule has 2 aromatic rings. The van der Waals surface area contributed by atoms with Gasteiger partial charge in [0.05, 0.1) is 11.3 Å². The third-order valence-electron chi connectivity index (χ3n) is 5.49. The topological polar surface area (TPSA) is 87.5 Å². The summed E-state index contributed by atoms with van der Waals surface area (Å²) in [4.78, 5) is 41.3. The first-order valence-corrected chi connectivity index (χ1v) is 9.49. The zero-order valence-electron chi connectivity index (χ0n) is 15.8. The highest BCUT2D eigenvalue weighted by molar-refractivity contribution is 6.11. The number of benzene rings is 1. The molecule has 2 aliphatic heterocycles. The molecule has 1 unspecified atom stereocenters. The van der Waals surface area contributed by atoms with Crippen LogP contribution in [0.1, 0.15) is 36.5 Å². The van der Waals surface area contributed by atoms with E-state index in [1.165, 1.54) is 4.90 Å². The number of nitrogens with zero attached hydrogens (tertiary/aromatic N) is 4. The van der Waals surface area contributed by atoms with Crippen molar-refractivity contribution in [3.8, 4) is 0 Å². The van der Waals surface area contributed by atoms with E-state index in [9.17, 15) is 14.4 Å². The predicted octanol–water partition coefficient (Wildman–Crippen LogP) is 1.39. The molecule has 3 amide bonds. The van der Waals surface area contributed by atoms with E-state index in [-0.39, 0.29) is 24.3 Å². The van der Waals surface area contributed by atoms with Gasteiger partial charge in [0, 0.05) is 31.9 Å². The van der Waals surface area contributed by atoms with Crippen LogP contribution in [0.3, 0.4) is 0 Å². The van der Waals surface area contributed by atoms with Crippen molar-refractivity contribution in [3.63, 3.8) is 0 Å². The van der Waals surface area contributed by atoms with E-state index in [0.717, 1.165) is 6.42 Å². The lowest BCUT2D eigenvalue weighted by Gasteiger charge is -2.48. The maximum atomic E-state index is 13.1. The van der Waals surface area contributed by atoms with Gasteiger partial charge in [-0.25, -0.2) is 0 Å². The first kappa shape index (κ1) is 18.2. The molecule has 0 radical (unpaired) electrons. The molecule has 1 fully saturated rings. The van der Waals surface area contributed by atoms with Gasteiger partial charge in [0.1, 0.15) is 12.2 Å². The van der Waals surface area contributed by atoms with E-state index in [0.29, 0.717) is 37.2 Å². The molecule has 0 bridgehead atoms. The fraction of sp³-hybridized carbons (Fsp3) is 0.400. The molecule has 1 saturated heterocycles. The molecule has 1 atom stereocenters. The SMILES string of the molecule is CC12CCC(=O)N1c1ccccc1C(=O)N2CC(=O)NCCCn1cccn1. The van der Waals surface area contributed by atoms with E-state index in [2.05, 4.69) is 10.4 Å². The van der Waals surface area contributed by atoms with Crippen molar-refractivity contribution in [2.24, 2.45) is 0 Å². The first-order valence-electron chi connectivity index (χ1n) is 9.49. The summed E-state index contributed by atoms with van der Waals surface area (Å²) in [7, 11) is 0. The Morgan fingerprint density at radius 2 is 2.07 bits per heavy atom. The molecular weight excluding hydrogens is 358 g/mol. The van der Waals surface area contributed by atoms with E-state index in [4.69, 9.17) is 0 Å². The lowest BCUT2D eigenvalue weighted by Crippen LogP contribution is -2.63. The van der Waals surface area contributed by atoms with Gasteiger partial charge in [-0.1, -0.05) is 12.1 Å². The fourth-order valence-electron chi connectivity index (χ4n) is 4.04. The molecule has 28 heavy (non-hydrogen) atoms. The summed E-state index contributed by atoms with van der Waals surface area (Å²) in [6, 6.07) is 8.94. The van der Waals surface area contributed by atoms with Crippen molar-refractivity contribution in [1.29, 1.82) is 0 Å². The summed E-state index contributed by atoms with van der Waals surface area (Å²) in [6.45, 7) is 2.99. The zero-order chi connectivity index (χ0) is 19.7. The van der Waals surface area contributed by atoms with Gasteiger partial charge in [0.2, 0.25) is 11.8 Å². The van der Waals surface area contributed by atoms with E-state index < -0.39 is 5.66 Å². The highest BCUT2D eigenvalue weighted by Gasteiger charge is 2.53. The van der Waals surface area contributed by atoms with Crippen LogP contribution in [0.2, 0.25) is 0 Å². The molecule has 3 heterocycles. The van der Waals surface area contributed by atoms with E-state index in [1.54, 1.807) is 34.0 Å². The third-order valence-corrected chi connectivity index (χ3v) is 5.49. The molecule has 2 aliphatic rings. The molecule has 0 spiro atoms. The van der Waals surface area contributed by atoms with Crippen LogP contribution >= 0.6 is 0 Å². The van der Waals surface area contributed by atoms with Crippen LogP contribution in [0.4, 0.5) is 5.69 Å². The van der Waals surface area contributed by atoms with Gasteiger partial charge in [-0.15, -0.1) is 0 Å². The second-order valence-electron chi connectivity index (χ2n) is 7.33. The number of amides is 3. The summed E-state index contributed by atoms with van der Waals surface area (Å²) in [5, 5.41) is 6.99. The van der Waals surface area contributed by atoms with Gasteiger partial charge in [-0.05, 0) is 38.0 Å². The minimum absolute atomic E-state index is 0.0212. The highest BCUT2D eigenvalue weighted by atomic mass is 16.2. The number of nitrogens with one attached hydrogen (secondary N) is 1. The van der Waals surface area contributed by atoms with Crippen molar-refractivity contribution in [3.05, 3.63) is 48.3 Å². The van der Waals surface area contributed by atoms with Crippen molar-refractivity contribution in [1.82, 2.24) is 20.0 Å². The van der Waals surface area contributed by atoms with Crippen molar-refractivity contribution < 1.29 is 14.4 Å². The van der Waals surface area contributed by atoms with Crippen molar-refractivity contribution in [2.45, 2.75) is 38.4 Å². The van der Waals surface area contributed by atoms with Gasteiger partial charge in [0.25, 0.3) is 5.91 Å². The summed E-state index contributed by atoms with van der Waals surface area (Å²) in [5.74, 6) is -0.462. The summed E-state index contributed by atoms with van der Waals surface area (Å²) >= 11 is 0. The lowest BCUT2D eigenvalue weighted by molar-refractivity contribution is -0.124. The number of hydrogen-bond acceptors (Lipinski definition) is 4. The molecule has 1 N–H and O–H groups in total. The summed E-state index contributed by atoms with van der Waals surface area (Å²) in [6.07, 6.45) is 5.20. The maximum Gasteiger partial charge on any atom is 0.258 e. The Hall–Kier alpha value is -3.16. The average molecular weight is 381 g/mol. The predicted molar refractivity (Wildman–Crippen MR) is 102 cm³/mol. The van der Waals surface area contributed by atoms with Crippen LogP contribution in [0, 0.1) is 0 Å². The summed E-state index contributed by atoms with van der Waals surface area (Å²) < 4.78 is 1.81. The lowest BCUT2D eigenvalue weighted by atomic mass is 9.98. The molecule has 8 nitrogen and oxygen atoms in total. The van der Waals surface area contributed by atoms with Crippen LogP contribution in [-0.4, -0.2) is 51.2 Å². The molecule has 0 saturated carbocycles. The highest BCUT2D eigenvalue weighted by Crippen LogP contribution is 2.43. The number of rotatable bonds is 6. The van der Waals surface area contributed by atoms with Gasteiger partial charge in [0.15, 0.2) is 0 Å². The quantitative estimate of drug-likeness (QED) is 0.766. The van der Waals surface area contributed by atoms with Crippen molar-refractivity contribution in [2.75, 3.05) is 18.0 Å². The minimum Gasteiger partial charge on any atom is -0.354 e. The first-order chi connectivity index (χ1) is 13.5. The second-order valence-corrected chi connectivity index (χ2v) is 7.33. The Morgan fingerprint density at radius 1 is 1.25 bits per heavy atom. The Bertz CT molecular complexity index is 910. The minimum atomic E-state index is -0.811. The number of carbonyl (C=O) groups is 3. The second kappa shape index (κ2) is 7.10. The molecule has 146 valence electrons. The normalized spacial score (nSPS) is 20.9. The van der Waals surface area contributed by atoms with Crippen LogP contribution in [0.25, 0.3) is 0 Å². The monoisotopic (exact) mass is 381 g/mol. The standard InChI is InChI=1S/C20H23N5O3/c1-20-9-8-18(27)25(20)16-7-3-2-6-15(16)19(28)24(20)14-17(26)21-10-4-12-23-13-5-11-22-23/h2-3,5-7,11,13H,4,8-10,12,14H2,1H3,(H,21,26). The van der Waals surface area contributed by atoms with Crippen LogP contribution in [0.5, 0.6) is 0 Å².